The third kappa shape index (κ3) is 4.16. The van der Waals surface area contributed by atoms with Gasteiger partial charge in [-0.1, -0.05) is 24.3 Å². The van der Waals surface area contributed by atoms with Crippen LogP contribution in [-0.2, 0) is 22.6 Å². The highest BCUT2D eigenvalue weighted by Crippen LogP contribution is 2.32. The molecule has 1 aromatic carbocycles. The van der Waals surface area contributed by atoms with E-state index < -0.39 is 0 Å². The van der Waals surface area contributed by atoms with Crippen molar-refractivity contribution in [2.24, 2.45) is 0 Å². The normalized spacial score (nSPS) is 13.5. The number of fused-ring (bicyclic) bond motifs is 1. The van der Waals surface area contributed by atoms with E-state index in [9.17, 15) is 14.0 Å². The van der Waals surface area contributed by atoms with Gasteiger partial charge in [0.2, 0.25) is 0 Å². The quantitative estimate of drug-likeness (QED) is 0.724. The number of halogens is 1. The zero-order valence-corrected chi connectivity index (χ0v) is 16.0. The number of carbonyl (C=O) groups excluding carboxylic acids is 2. The van der Waals surface area contributed by atoms with Crippen LogP contribution in [0.1, 0.15) is 56.1 Å². The van der Waals surface area contributed by atoms with Crippen LogP contribution in [0.4, 0.5) is 4.39 Å². The van der Waals surface area contributed by atoms with E-state index >= 15 is 0 Å². The average molecular weight is 365 g/mol. The van der Waals surface area contributed by atoms with E-state index in [1.165, 1.54) is 6.07 Å². The number of allylic oxidation sites excluding steroid dienone is 3. The number of aromatic nitrogens is 1. The molecule has 0 amide bonds. The Labute approximate surface area is 159 Å². The van der Waals surface area contributed by atoms with E-state index in [0.29, 0.717) is 31.4 Å². The first-order valence-corrected chi connectivity index (χ1v) is 9.20. The Kier molecular flexibility index (Phi) is 5.54. The van der Waals surface area contributed by atoms with E-state index in [2.05, 4.69) is 12.1 Å². The molecule has 0 radical (unpaired) electrons. The minimum absolute atomic E-state index is 0.0378. The first kappa shape index (κ1) is 19.0. The third-order valence-corrected chi connectivity index (χ3v) is 5.06. The summed E-state index contributed by atoms with van der Waals surface area (Å²) >= 11 is 0. The molecule has 1 aliphatic rings. The van der Waals surface area contributed by atoms with Gasteiger partial charge >= 0.3 is 0 Å². The van der Waals surface area contributed by atoms with Crippen LogP contribution in [0.2, 0.25) is 0 Å². The van der Waals surface area contributed by atoms with Crippen LogP contribution in [-0.4, -0.2) is 16.1 Å². The standard InChI is InChI=1S/C23H24FNO2/c1-15-8-10-18(17(3)27)12-23-21(15)13-20(11-9-16(2)26)25(23)14-19-6-4-5-7-22(19)24/h4-8,12-13H,9-11,14H2,1-3H3. The number of nitrogens with zero attached hydrogens (tertiary/aromatic N) is 1. The maximum Gasteiger partial charge on any atom is 0.156 e. The fourth-order valence-electron chi connectivity index (χ4n) is 3.43. The third-order valence-electron chi connectivity index (χ3n) is 5.06. The summed E-state index contributed by atoms with van der Waals surface area (Å²) in [4.78, 5) is 23.5. The largest absolute Gasteiger partial charge is 0.340 e. The zero-order chi connectivity index (χ0) is 19.6. The van der Waals surface area contributed by atoms with E-state index in [-0.39, 0.29) is 17.4 Å². The molecule has 0 saturated heterocycles. The van der Waals surface area contributed by atoms with Crippen molar-refractivity contribution in [1.29, 1.82) is 0 Å². The summed E-state index contributed by atoms with van der Waals surface area (Å²) in [6.45, 7) is 5.54. The van der Waals surface area contributed by atoms with Crippen LogP contribution >= 0.6 is 0 Å². The minimum atomic E-state index is -0.255. The Morgan fingerprint density at radius 1 is 1.19 bits per heavy atom. The van der Waals surface area contributed by atoms with Crippen LogP contribution < -0.4 is 0 Å². The number of Topliss-reactive ketones (excluding diaryl/α,β-unsaturated/α-hetero) is 2. The molecule has 3 rings (SSSR count). The van der Waals surface area contributed by atoms with Crippen LogP contribution in [0.3, 0.4) is 0 Å². The first-order chi connectivity index (χ1) is 12.9. The van der Waals surface area contributed by atoms with Crippen molar-refractivity contribution in [3.63, 3.8) is 0 Å². The Hall–Kier alpha value is -2.75. The van der Waals surface area contributed by atoms with E-state index in [4.69, 9.17) is 0 Å². The summed E-state index contributed by atoms with van der Waals surface area (Å²) in [5.41, 5.74) is 5.35. The summed E-state index contributed by atoms with van der Waals surface area (Å²) in [6, 6.07) is 8.79. The fourth-order valence-corrected chi connectivity index (χ4v) is 3.43. The van der Waals surface area contributed by atoms with Crippen LogP contribution in [0.15, 0.2) is 42.0 Å². The second kappa shape index (κ2) is 7.87. The van der Waals surface area contributed by atoms with Crippen molar-refractivity contribution in [2.75, 3.05) is 0 Å². The first-order valence-electron chi connectivity index (χ1n) is 9.20. The highest BCUT2D eigenvalue weighted by molar-refractivity contribution is 5.99. The van der Waals surface area contributed by atoms with E-state index in [1.54, 1.807) is 26.0 Å². The van der Waals surface area contributed by atoms with Crippen molar-refractivity contribution < 1.29 is 14.0 Å². The molecule has 1 aliphatic carbocycles. The van der Waals surface area contributed by atoms with Gasteiger partial charge in [0.1, 0.15) is 11.6 Å². The maximum atomic E-state index is 14.3. The zero-order valence-electron chi connectivity index (χ0n) is 16.0. The van der Waals surface area contributed by atoms with Crippen LogP contribution in [0.5, 0.6) is 0 Å². The van der Waals surface area contributed by atoms with Gasteiger partial charge in [-0.25, -0.2) is 4.39 Å². The molecule has 0 bridgehead atoms. The van der Waals surface area contributed by atoms with Gasteiger partial charge in [-0.3, -0.25) is 4.79 Å². The molecule has 0 unspecified atom stereocenters. The maximum absolute atomic E-state index is 14.3. The monoisotopic (exact) mass is 365 g/mol. The second-order valence-corrected chi connectivity index (χ2v) is 7.13. The van der Waals surface area contributed by atoms with Gasteiger partial charge in [0.05, 0.1) is 6.54 Å². The van der Waals surface area contributed by atoms with E-state index in [0.717, 1.165) is 28.1 Å². The molecule has 1 heterocycles. The number of benzene rings is 1. The molecule has 0 fully saturated rings. The predicted molar refractivity (Wildman–Crippen MR) is 106 cm³/mol. The Morgan fingerprint density at radius 3 is 2.59 bits per heavy atom. The summed E-state index contributed by atoms with van der Waals surface area (Å²) < 4.78 is 16.3. The Bertz CT molecular complexity index is 963. The lowest BCUT2D eigenvalue weighted by Gasteiger charge is -2.13. The highest BCUT2D eigenvalue weighted by Gasteiger charge is 2.20. The number of carbonyl (C=O) groups is 2. The highest BCUT2D eigenvalue weighted by atomic mass is 19.1. The number of hydrogen-bond donors (Lipinski definition) is 0. The number of ketones is 2. The van der Waals surface area contributed by atoms with Gasteiger partial charge in [0.15, 0.2) is 5.78 Å². The molecule has 3 nitrogen and oxygen atoms in total. The topological polar surface area (TPSA) is 39.1 Å². The van der Waals surface area contributed by atoms with Crippen molar-refractivity contribution in [1.82, 2.24) is 4.57 Å². The lowest BCUT2D eigenvalue weighted by atomic mass is 10.1. The number of hydrogen-bond acceptors (Lipinski definition) is 2. The van der Waals surface area contributed by atoms with Crippen LogP contribution in [0, 0.1) is 5.82 Å². The molecule has 0 spiro atoms. The van der Waals surface area contributed by atoms with E-state index in [1.807, 2.05) is 23.6 Å². The molecule has 4 heteroatoms. The molecular formula is C23H24FNO2. The Balaban J connectivity index is 2.15. The molecular weight excluding hydrogens is 341 g/mol. The van der Waals surface area contributed by atoms with Gasteiger partial charge < -0.3 is 9.36 Å². The van der Waals surface area contributed by atoms with Crippen molar-refractivity contribution in [2.45, 2.75) is 46.6 Å². The SMILES string of the molecule is CC(=O)CCc1cc2c(n1Cc1ccccc1F)C=C(C(C)=O)CC=C2C. The summed E-state index contributed by atoms with van der Waals surface area (Å²) in [7, 11) is 0. The van der Waals surface area contributed by atoms with Gasteiger partial charge in [-0.15, -0.1) is 0 Å². The van der Waals surface area contributed by atoms with Gasteiger partial charge in [-0.05, 0) is 57.4 Å². The molecule has 0 N–H and O–H groups in total. The van der Waals surface area contributed by atoms with Crippen LogP contribution in [0.25, 0.3) is 11.6 Å². The Morgan fingerprint density at radius 2 is 1.93 bits per heavy atom. The molecule has 2 aromatic rings. The number of aryl methyl sites for hydroxylation is 1. The fraction of sp³-hybridized carbons (Fsp3) is 0.304. The summed E-state index contributed by atoms with van der Waals surface area (Å²) in [5, 5.41) is 0. The molecule has 27 heavy (non-hydrogen) atoms. The number of rotatable bonds is 6. The smallest absolute Gasteiger partial charge is 0.156 e. The summed E-state index contributed by atoms with van der Waals surface area (Å²) in [5.74, 6) is -0.0963. The van der Waals surface area contributed by atoms with Gasteiger partial charge in [-0.2, -0.15) is 0 Å². The lowest BCUT2D eigenvalue weighted by molar-refractivity contribution is -0.117. The van der Waals surface area contributed by atoms with Gasteiger partial charge in [0, 0.05) is 34.5 Å². The molecule has 0 aliphatic heterocycles. The molecule has 0 atom stereocenters. The molecule has 1 aromatic heterocycles. The average Bonchev–Trinajstić information content (AvgIpc) is 2.86. The van der Waals surface area contributed by atoms with Crippen molar-refractivity contribution in [3.8, 4) is 0 Å². The molecule has 140 valence electrons. The van der Waals surface area contributed by atoms with Crippen molar-refractivity contribution >= 4 is 23.2 Å². The predicted octanol–water partition coefficient (Wildman–Crippen LogP) is 4.98. The van der Waals surface area contributed by atoms with Crippen molar-refractivity contribution in [3.05, 3.63) is 70.3 Å². The summed E-state index contributed by atoms with van der Waals surface area (Å²) in [6.07, 6.45) is 5.60. The minimum Gasteiger partial charge on any atom is -0.340 e. The second-order valence-electron chi connectivity index (χ2n) is 7.13. The van der Waals surface area contributed by atoms with Gasteiger partial charge in [0.25, 0.3) is 0 Å². The lowest BCUT2D eigenvalue weighted by Crippen LogP contribution is -2.09. The molecule has 0 saturated carbocycles.